The molecule has 1 aliphatic rings. The van der Waals surface area contributed by atoms with Crippen molar-refractivity contribution >= 4 is 17.3 Å². The molecule has 0 fully saturated rings. The highest BCUT2D eigenvalue weighted by molar-refractivity contribution is 5.94. The van der Waals surface area contributed by atoms with E-state index in [0.29, 0.717) is 17.2 Å². The Labute approximate surface area is 165 Å². The number of anilines is 1. The van der Waals surface area contributed by atoms with Gasteiger partial charge >= 0.3 is 12.0 Å². The van der Waals surface area contributed by atoms with Crippen molar-refractivity contribution in [1.82, 2.24) is 10.8 Å². The molecule has 1 amide bonds. The minimum absolute atomic E-state index is 0.00129. The van der Waals surface area contributed by atoms with E-state index in [4.69, 9.17) is 0 Å². The van der Waals surface area contributed by atoms with Crippen molar-refractivity contribution in [2.24, 2.45) is 0 Å². The molecular formula is C20H20F3N3O3. The topological polar surface area (TPSA) is 73.8 Å². The summed E-state index contributed by atoms with van der Waals surface area (Å²) in [4.78, 5) is 18.5. The van der Waals surface area contributed by atoms with Gasteiger partial charge in [0.25, 0.3) is 5.91 Å². The van der Waals surface area contributed by atoms with Crippen LogP contribution in [0, 0.1) is 0 Å². The SMILES string of the molecule is CN(C)c1ccc(C(=O)NCc2ccc(C3=CC(O)(C(F)(F)F)ON3)cc2)cc1. The van der Waals surface area contributed by atoms with Crippen LogP contribution in [0.5, 0.6) is 0 Å². The number of nitrogens with zero attached hydrogens (tertiary/aromatic N) is 1. The Kier molecular flexibility index (Phi) is 5.54. The minimum atomic E-state index is -4.96. The van der Waals surface area contributed by atoms with Crippen LogP contribution in [-0.4, -0.2) is 37.1 Å². The van der Waals surface area contributed by atoms with Gasteiger partial charge in [0.15, 0.2) is 0 Å². The second-order valence-corrected chi connectivity index (χ2v) is 6.78. The summed E-state index contributed by atoms with van der Waals surface area (Å²) in [6.07, 6.45) is -4.39. The Balaban J connectivity index is 1.61. The van der Waals surface area contributed by atoms with Crippen LogP contribution in [0.15, 0.2) is 54.6 Å². The average molecular weight is 407 g/mol. The Morgan fingerprint density at radius 2 is 1.76 bits per heavy atom. The molecule has 0 aromatic heterocycles. The van der Waals surface area contributed by atoms with Gasteiger partial charge in [-0.1, -0.05) is 24.3 Å². The van der Waals surface area contributed by atoms with E-state index in [0.717, 1.165) is 11.3 Å². The molecule has 3 N–H and O–H groups in total. The fraction of sp³-hybridized carbons (Fsp3) is 0.250. The first kappa shape index (κ1) is 20.7. The van der Waals surface area contributed by atoms with E-state index < -0.39 is 12.0 Å². The third kappa shape index (κ3) is 4.52. The summed E-state index contributed by atoms with van der Waals surface area (Å²) in [6, 6.07) is 13.6. The number of hydrogen-bond donors (Lipinski definition) is 3. The van der Waals surface area contributed by atoms with E-state index >= 15 is 0 Å². The first-order chi connectivity index (χ1) is 13.6. The lowest BCUT2D eigenvalue weighted by Gasteiger charge is -2.21. The van der Waals surface area contributed by atoms with Gasteiger partial charge in [-0.05, 0) is 35.4 Å². The maximum absolute atomic E-state index is 12.8. The fourth-order valence-corrected chi connectivity index (χ4v) is 2.67. The van der Waals surface area contributed by atoms with Crippen LogP contribution in [-0.2, 0) is 11.4 Å². The van der Waals surface area contributed by atoms with E-state index in [2.05, 4.69) is 15.6 Å². The predicted octanol–water partition coefficient (Wildman–Crippen LogP) is 2.81. The summed E-state index contributed by atoms with van der Waals surface area (Å²) in [5, 5.41) is 12.3. The normalized spacial score (nSPS) is 18.8. The summed E-state index contributed by atoms with van der Waals surface area (Å²) in [5.41, 5.74) is 4.76. The molecule has 1 heterocycles. The van der Waals surface area contributed by atoms with E-state index in [9.17, 15) is 23.1 Å². The van der Waals surface area contributed by atoms with Crippen LogP contribution in [0.4, 0.5) is 18.9 Å². The largest absolute Gasteiger partial charge is 0.449 e. The Morgan fingerprint density at radius 1 is 1.14 bits per heavy atom. The van der Waals surface area contributed by atoms with Crippen molar-refractivity contribution in [1.29, 1.82) is 0 Å². The molecule has 1 aliphatic heterocycles. The number of nitrogens with one attached hydrogen (secondary N) is 2. The first-order valence-electron chi connectivity index (χ1n) is 8.70. The molecule has 1 atom stereocenters. The third-order valence-electron chi connectivity index (χ3n) is 4.43. The van der Waals surface area contributed by atoms with E-state index in [1.807, 2.05) is 31.1 Å². The van der Waals surface area contributed by atoms with Crippen molar-refractivity contribution in [2.75, 3.05) is 19.0 Å². The van der Waals surface area contributed by atoms with Gasteiger partial charge in [-0.3, -0.25) is 10.3 Å². The molecule has 0 saturated heterocycles. The van der Waals surface area contributed by atoms with Gasteiger partial charge in [-0.2, -0.15) is 13.2 Å². The molecule has 1 unspecified atom stereocenters. The molecule has 154 valence electrons. The van der Waals surface area contributed by atoms with Crippen molar-refractivity contribution in [3.8, 4) is 0 Å². The molecule has 0 radical (unpaired) electrons. The van der Waals surface area contributed by atoms with Gasteiger partial charge in [0.2, 0.25) is 0 Å². The van der Waals surface area contributed by atoms with Gasteiger partial charge in [0.05, 0.1) is 5.70 Å². The fourth-order valence-electron chi connectivity index (χ4n) is 2.67. The number of amides is 1. The summed E-state index contributed by atoms with van der Waals surface area (Å²) >= 11 is 0. The second-order valence-electron chi connectivity index (χ2n) is 6.78. The van der Waals surface area contributed by atoms with Crippen LogP contribution in [0.25, 0.3) is 5.70 Å². The second kappa shape index (κ2) is 7.76. The highest BCUT2D eigenvalue weighted by Crippen LogP contribution is 2.37. The van der Waals surface area contributed by atoms with Gasteiger partial charge in [0, 0.05) is 38.0 Å². The Bertz CT molecular complexity index is 909. The number of alkyl halides is 3. The van der Waals surface area contributed by atoms with Crippen molar-refractivity contribution in [2.45, 2.75) is 18.5 Å². The van der Waals surface area contributed by atoms with Gasteiger partial charge in [-0.25, -0.2) is 4.84 Å². The molecule has 2 aromatic rings. The smallest absolute Gasteiger partial charge is 0.378 e. The number of rotatable bonds is 5. The lowest BCUT2D eigenvalue weighted by atomic mass is 10.1. The molecule has 0 aliphatic carbocycles. The van der Waals surface area contributed by atoms with Crippen molar-refractivity contribution < 1.29 is 27.9 Å². The quantitative estimate of drug-likeness (QED) is 0.711. The highest BCUT2D eigenvalue weighted by Gasteiger charge is 2.57. The van der Waals surface area contributed by atoms with E-state index in [1.165, 1.54) is 0 Å². The summed E-state index contributed by atoms with van der Waals surface area (Å²) in [5.74, 6) is -3.60. The van der Waals surface area contributed by atoms with Gasteiger partial charge in [-0.15, -0.1) is 0 Å². The lowest BCUT2D eigenvalue weighted by Crippen LogP contribution is -2.45. The molecule has 0 bridgehead atoms. The van der Waals surface area contributed by atoms with Crippen LogP contribution < -0.4 is 15.7 Å². The van der Waals surface area contributed by atoms with Crippen molar-refractivity contribution in [3.05, 3.63) is 71.3 Å². The zero-order chi connectivity index (χ0) is 21.2. The number of carbonyl (C=O) groups is 1. The lowest BCUT2D eigenvalue weighted by molar-refractivity contribution is -0.345. The summed E-state index contributed by atoms with van der Waals surface area (Å²) < 4.78 is 38.3. The van der Waals surface area contributed by atoms with Crippen LogP contribution in [0.1, 0.15) is 21.5 Å². The number of hydrogen-bond acceptors (Lipinski definition) is 5. The number of halogens is 3. The Morgan fingerprint density at radius 3 is 2.28 bits per heavy atom. The molecule has 2 aromatic carbocycles. The van der Waals surface area contributed by atoms with Crippen LogP contribution in [0.2, 0.25) is 0 Å². The molecule has 0 spiro atoms. The number of hydroxylamine groups is 1. The maximum atomic E-state index is 12.8. The molecule has 0 saturated carbocycles. The van der Waals surface area contributed by atoms with Crippen LogP contribution in [0.3, 0.4) is 0 Å². The monoisotopic (exact) mass is 407 g/mol. The molecule has 9 heteroatoms. The molecular weight excluding hydrogens is 387 g/mol. The number of carbonyl (C=O) groups excluding carboxylic acids is 1. The standard InChI is InChI=1S/C20H20F3N3O3/c1-26(2)16-9-7-15(8-10-16)18(27)24-12-13-3-5-14(6-4-13)17-11-19(28,29-25-17)20(21,22)23/h3-11,25,28H,12H2,1-2H3,(H,24,27). The summed E-state index contributed by atoms with van der Waals surface area (Å²) in [7, 11) is 3.82. The van der Waals surface area contributed by atoms with Crippen molar-refractivity contribution in [3.63, 3.8) is 0 Å². The van der Waals surface area contributed by atoms with Gasteiger partial charge in [0.1, 0.15) is 0 Å². The van der Waals surface area contributed by atoms with Crippen LogP contribution >= 0.6 is 0 Å². The maximum Gasteiger partial charge on any atom is 0.449 e. The number of aliphatic hydroxyl groups is 1. The third-order valence-corrected chi connectivity index (χ3v) is 4.43. The zero-order valence-corrected chi connectivity index (χ0v) is 15.7. The zero-order valence-electron chi connectivity index (χ0n) is 15.7. The Hall–Kier alpha value is -3.04. The van der Waals surface area contributed by atoms with E-state index in [1.54, 1.807) is 36.4 Å². The predicted molar refractivity (Wildman–Crippen MR) is 102 cm³/mol. The first-order valence-corrected chi connectivity index (χ1v) is 8.70. The molecule has 3 rings (SSSR count). The molecule has 29 heavy (non-hydrogen) atoms. The summed E-state index contributed by atoms with van der Waals surface area (Å²) in [6.45, 7) is 0.254. The molecule has 6 nitrogen and oxygen atoms in total. The minimum Gasteiger partial charge on any atom is -0.378 e. The average Bonchev–Trinajstić information content (AvgIpc) is 3.10. The van der Waals surface area contributed by atoms with Gasteiger partial charge < -0.3 is 15.3 Å². The van der Waals surface area contributed by atoms with E-state index in [-0.39, 0.29) is 18.1 Å². The number of benzene rings is 2. The highest BCUT2D eigenvalue weighted by atomic mass is 19.4.